The lowest BCUT2D eigenvalue weighted by atomic mass is 9.71. The number of piperidine rings is 1. The number of nitrogens with zero attached hydrogens (tertiary/aromatic N) is 3. The van der Waals surface area contributed by atoms with E-state index in [1.165, 1.54) is 52.1 Å². The van der Waals surface area contributed by atoms with Crippen LogP contribution in [0.4, 0.5) is 0 Å². The first-order valence-electron chi connectivity index (χ1n) is 8.21. The number of hydrogen-bond acceptors (Lipinski definition) is 3. The van der Waals surface area contributed by atoms with Crippen LogP contribution in [0, 0.1) is 5.41 Å². The van der Waals surface area contributed by atoms with Crippen molar-refractivity contribution < 1.29 is 0 Å². The van der Waals surface area contributed by atoms with Crippen LogP contribution in [0.5, 0.6) is 0 Å². The zero-order valence-electron chi connectivity index (χ0n) is 13.2. The van der Waals surface area contributed by atoms with Gasteiger partial charge in [0.05, 0.1) is 0 Å². The van der Waals surface area contributed by atoms with Crippen LogP contribution in [0.3, 0.4) is 0 Å². The summed E-state index contributed by atoms with van der Waals surface area (Å²) in [5.41, 5.74) is 0.697. The molecule has 0 aliphatic carbocycles. The number of rotatable bonds is 3. The molecule has 3 saturated heterocycles. The van der Waals surface area contributed by atoms with Gasteiger partial charge in [0.25, 0.3) is 0 Å². The summed E-state index contributed by atoms with van der Waals surface area (Å²) >= 11 is 0. The second-order valence-corrected chi connectivity index (χ2v) is 7.74. The molecule has 3 nitrogen and oxygen atoms in total. The summed E-state index contributed by atoms with van der Waals surface area (Å²) in [6.07, 6.45) is 2.88. The standard InChI is InChI=1S/C16H31N3/c1-13(2)18-9-15(10-18)17-7-5-16(6-8-17)11-19(12-16)14(3)4/h13-15H,5-12H2,1-4H3. The first-order valence-corrected chi connectivity index (χ1v) is 8.21. The molecular formula is C16H31N3. The van der Waals surface area contributed by atoms with Crippen LogP contribution in [0.25, 0.3) is 0 Å². The Morgan fingerprint density at radius 1 is 0.842 bits per heavy atom. The van der Waals surface area contributed by atoms with Crippen molar-refractivity contribution in [2.45, 2.75) is 58.7 Å². The van der Waals surface area contributed by atoms with Gasteiger partial charge >= 0.3 is 0 Å². The average molecular weight is 265 g/mol. The van der Waals surface area contributed by atoms with Crippen LogP contribution in [0.15, 0.2) is 0 Å². The number of likely N-dealkylation sites (tertiary alicyclic amines) is 3. The van der Waals surface area contributed by atoms with E-state index in [0.717, 1.165) is 18.1 Å². The summed E-state index contributed by atoms with van der Waals surface area (Å²) in [7, 11) is 0. The van der Waals surface area contributed by atoms with Gasteiger partial charge in [-0.1, -0.05) is 0 Å². The Kier molecular flexibility index (Phi) is 3.65. The van der Waals surface area contributed by atoms with Crippen molar-refractivity contribution in [2.75, 3.05) is 39.3 Å². The second kappa shape index (κ2) is 5.01. The highest BCUT2D eigenvalue weighted by molar-refractivity contribution is 5.01. The molecule has 0 aromatic carbocycles. The lowest BCUT2D eigenvalue weighted by Crippen LogP contribution is -2.66. The van der Waals surface area contributed by atoms with E-state index in [1.807, 2.05) is 0 Å². The predicted molar refractivity (Wildman–Crippen MR) is 80.4 cm³/mol. The quantitative estimate of drug-likeness (QED) is 0.771. The van der Waals surface area contributed by atoms with Gasteiger partial charge in [-0.2, -0.15) is 0 Å². The van der Waals surface area contributed by atoms with Gasteiger partial charge in [-0.05, 0) is 59.0 Å². The van der Waals surface area contributed by atoms with Gasteiger partial charge in [-0.25, -0.2) is 0 Å². The van der Waals surface area contributed by atoms with Gasteiger partial charge in [-0.3, -0.25) is 14.7 Å². The van der Waals surface area contributed by atoms with E-state index in [0.29, 0.717) is 5.41 Å². The van der Waals surface area contributed by atoms with E-state index in [1.54, 1.807) is 0 Å². The van der Waals surface area contributed by atoms with Gasteiger partial charge in [0.2, 0.25) is 0 Å². The van der Waals surface area contributed by atoms with Crippen molar-refractivity contribution in [2.24, 2.45) is 5.41 Å². The zero-order valence-corrected chi connectivity index (χ0v) is 13.2. The average Bonchev–Trinajstić information content (AvgIpc) is 2.24. The topological polar surface area (TPSA) is 9.72 Å². The first-order chi connectivity index (χ1) is 8.99. The fourth-order valence-electron chi connectivity index (χ4n) is 4.00. The summed E-state index contributed by atoms with van der Waals surface area (Å²) in [6, 6.07) is 2.34. The summed E-state index contributed by atoms with van der Waals surface area (Å²) < 4.78 is 0. The van der Waals surface area contributed by atoms with Crippen LogP contribution in [0.2, 0.25) is 0 Å². The van der Waals surface area contributed by atoms with Crippen LogP contribution < -0.4 is 0 Å². The van der Waals surface area contributed by atoms with E-state index >= 15 is 0 Å². The maximum absolute atomic E-state index is 2.77. The van der Waals surface area contributed by atoms with Crippen molar-refractivity contribution >= 4 is 0 Å². The molecule has 3 rings (SSSR count). The van der Waals surface area contributed by atoms with Crippen molar-refractivity contribution in [3.63, 3.8) is 0 Å². The van der Waals surface area contributed by atoms with Crippen molar-refractivity contribution in [3.05, 3.63) is 0 Å². The van der Waals surface area contributed by atoms with E-state index in [9.17, 15) is 0 Å². The molecule has 110 valence electrons. The minimum Gasteiger partial charge on any atom is -0.300 e. The third-order valence-electron chi connectivity index (χ3n) is 5.80. The SMILES string of the molecule is CC(C)N1CC(N2CCC3(CC2)CN(C(C)C)C3)C1. The number of hydrogen-bond donors (Lipinski definition) is 0. The molecule has 3 heteroatoms. The molecule has 0 N–H and O–H groups in total. The summed E-state index contributed by atoms with van der Waals surface area (Å²) in [5, 5.41) is 0. The maximum atomic E-state index is 2.77. The summed E-state index contributed by atoms with van der Waals surface area (Å²) in [4.78, 5) is 8.00. The van der Waals surface area contributed by atoms with Crippen LogP contribution in [-0.2, 0) is 0 Å². The van der Waals surface area contributed by atoms with Gasteiger partial charge in [0.1, 0.15) is 0 Å². The molecule has 1 spiro atoms. The molecule has 19 heavy (non-hydrogen) atoms. The van der Waals surface area contributed by atoms with E-state index in [-0.39, 0.29) is 0 Å². The Hall–Kier alpha value is -0.120. The lowest BCUT2D eigenvalue weighted by molar-refractivity contribution is -0.0843. The summed E-state index contributed by atoms with van der Waals surface area (Å²) in [5.74, 6) is 0. The Bertz CT molecular complexity index is 304. The molecule has 0 aromatic rings. The van der Waals surface area contributed by atoms with E-state index < -0.39 is 0 Å². The first kappa shape index (κ1) is 13.8. The molecule has 0 saturated carbocycles. The van der Waals surface area contributed by atoms with Crippen LogP contribution >= 0.6 is 0 Å². The highest BCUT2D eigenvalue weighted by Gasteiger charge is 2.47. The van der Waals surface area contributed by atoms with Crippen molar-refractivity contribution in [1.82, 2.24) is 14.7 Å². The fraction of sp³-hybridized carbons (Fsp3) is 1.00. The summed E-state index contributed by atoms with van der Waals surface area (Å²) in [6.45, 7) is 17.3. The molecule has 0 amide bonds. The minimum atomic E-state index is 0.697. The molecule has 3 fully saturated rings. The smallest absolute Gasteiger partial charge is 0.0350 e. The monoisotopic (exact) mass is 265 g/mol. The molecular weight excluding hydrogens is 234 g/mol. The van der Waals surface area contributed by atoms with Crippen LogP contribution in [-0.4, -0.2) is 72.1 Å². The third kappa shape index (κ3) is 2.57. The van der Waals surface area contributed by atoms with E-state index in [4.69, 9.17) is 0 Å². The van der Waals surface area contributed by atoms with Crippen LogP contribution in [0.1, 0.15) is 40.5 Å². The molecule has 3 aliphatic rings. The molecule has 0 bridgehead atoms. The van der Waals surface area contributed by atoms with Gasteiger partial charge < -0.3 is 0 Å². The normalized spacial score (nSPS) is 30.0. The fourth-order valence-corrected chi connectivity index (χ4v) is 4.00. The second-order valence-electron chi connectivity index (χ2n) is 7.74. The minimum absolute atomic E-state index is 0.697. The third-order valence-corrected chi connectivity index (χ3v) is 5.80. The Balaban J connectivity index is 1.42. The molecule has 0 unspecified atom stereocenters. The molecule has 0 aromatic heterocycles. The van der Waals surface area contributed by atoms with Gasteiger partial charge in [0.15, 0.2) is 0 Å². The highest BCUT2D eigenvalue weighted by Crippen LogP contribution is 2.42. The predicted octanol–water partition coefficient (Wildman–Crippen LogP) is 1.89. The maximum Gasteiger partial charge on any atom is 0.0350 e. The lowest BCUT2D eigenvalue weighted by Gasteiger charge is -2.58. The van der Waals surface area contributed by atoms with Crippen molar-refractivity contribution in [3.8, 4) is 0 Å². The Morgan fingerprint density at radius 2 is 1.37 bits per heavy atom. The zero-order chi connectivity index (χ0) is 13.6. The van der Waals surface area contributed by atoms with Gasteiger partial charge in [-0.15, -0.1) is 0 Å². The largest absolute Gasteiger partial charge is 0.300 e. The van der Waals surface area contributed by atoms with Crippen molar-refractivity contribution in [1.29, 1.82) is 0 Å². The van der Waals surface area contributed by atoms with E-state index in [2.05, 4.69) is 42.4 Å². The highest BCUT2D eigenvalue weighted by atomic mass is 15.3. The Labute approximate surface area is 118 Å². The van der Waals surface area contributed by atoms with Gasteiger partial charge in [0, 0.05) is 44.3 Å². The molecule has 3 aliphatic heterocycles. The molecule has 0 radical (unpaired) electrons. The Morgan fingerprint density at radius 3 is 1.84 bits per heavy atom. The molecule has 3 heterocycles. The molecule has 0 atom stereocenters.